The lowest BCUT2D eigenvalue weighted by Crippen LogP contribution is -2.28. The van der Waals surface area contributed by atoms with Crippen LogP contribution in [0.2, 0.25) is 0 Å². The normalized spacial score (nSPS) is 12.9. The van der Waals surface area contributed by atoms with Gasteiger partial charge in [-0.15, -0.1) is 0 Å². The van der Waals surface area contributed by atoms with Crippen molar-refractivity contribution in [3.8, 4) is 0 Å². The molecule has 0 aliphatic carbocycles. The van der Waals surface area contributed by atoms with Gasteiger partial charge in [0.2, 0.25) is 5.91 Å². The van der Waals surface area contributed by atoms with Crippen molar-refractivity contribution >= 4 is 34.2 Å². The zero-order valence-corrected chi connectivity index (χ0v) is 15.4. The Balaban J connectivity index is 1.30. The number of carbonyl (C=O) groups is 2. The summed E-state index contributed by atoms with van der Waals surface area (Å²) in [5, 5.41) is 7.75. The van der Waals surface area contributed by atoms with E-state index in [4.69, 9.17) is 8.94 Å². The molecule has 0 saturated heterocycles. The number of nitrogens with zero attached hydrogens (tertiary/aromatic N) is 2. The molecule has 5 rings (SSSR count). The van der Waals surface area contributed by atoms with Gasteiger partial charge in [-0.1, -0.05) is 17.3 Å². The molecule has 2 aromatic heterocycles. The number of anilines is 2. The Hall–Kier alpha value is -3.87. The van der Waals surface area contributed by atoms with Crippen LogP contribution in [0.1, 0.15) is 21.6 Å². The molecule has 1 aliphatic heterocycles. The van der Waals surface area contributed by atoms with E-state index < -0.39 is 0 Å². The largest absolute Gasteiger partial charge is 0.472 e. The number of benzene rings is 2. The molecule has 3 heterocycles. The third-order valence-corrected chi connectivity index (χ3v) is 5.05. The first-order chi connectivity index (χ1) is 14.2. The summed E-state index contributed by atoms with van der Waals surface area (Å²) in [5.41, 5.74) is 4.36. The third-order valence-electron chi connectivity index (χ3n) is 5.05. The lowest BCUT2D eigenvalue weighted by atomic mass is 10.1. The average Bonchev–Trinajstić information content (AvgIpc) is 3.47. The Morgan fingerprint density at radius 3 is 2.90 bits per heavy atom. The SMILES string of the molecule is O=C(Cc1noc2ccccc12)Nc1ccc2c(c1)CCN2C(=O)c1ccoc1. The van der Waals surface area contributed by atoms with Crippen molar-refractivity contribution in [3.05, 3.63) is 77.9 Å². The van der Waals surface area contributed by atoms with Crippen LogP contribution in [0.4, 0.5) is 11.4 Å². The van der Waals surface area contributed by atoms with Gasteiger partial charge in [-0.25, -0.2) is 0 Å². The molecule has 2 amide bonds. The number of nitrogens with one attached hydrogen (secondary N) is 1. The highest BCUT2D eigenvalue weighted by atomic mass is 16.5. The van der Waals surface area contributed by atoms with Crippen LogP contribution < -0.4 is 10.2 Å². The second-order valence-electron chi connectivity index (χ2n) is 6.91. The summed E-state index contributed by atoms with van der Waals surface area (Å²) in [6.07, 6.45) is 3.79. The van der Waals surface area contributed by atoms with Gasteiger partial charge >= 0.3 is 0 Å². The molecule has 0 saturated carbocycles. The lowest BCUT2D eigenvalue weighted by Gasteiger charge is -2.16. The van der Waals surface area contributed by atoms with Gasteiger partial charge in [0.15, 0.2) is 5.58 Å². The van der Waals surface area contributed by atoms with Crippen molar-refractivity contribution < 1.29 is 18.5 Å². The number of rotatable bonds is 4. The molecule has 0 bridgehead atoms. The molecule has 29 heavy (non-hydrogen) atoms. The molecule has 4 aromatic rings. The van der Waals surface area contributed by atoms with Crippen molar-refractivity contribution in [2.45, 2.75) is 12.8 Å². The minimum Gasteiger partial charge on any atom is -0.472 e. The molecule has 7 nitrogen and oxygen atoms in total. The minimum atomic E-state index is -0.173. The fourth-order valence-electron chi connectivity index (χ4n) is 3.66. The number of hydrogen-bond donors (Lipinski definition) is 1. The predicted octanol–water partition coefficient (Wildman–Crippen LogP) is 3.80. The first kappa shape index (κ1) is 17.2. The van der Waals surface area contributed by atoms with Gasteiger partial charge in [-0.3, -0.25) is 9.59 Å². The van der Waals surface area contributed by atoms with E-state index in [0.717, 1.165) is 23.1 Å². The lowest BCUT2D eigenvalue weighted by molar-refractivity contribution is -0.115. The van der Waals surface area contributed by atoms with E-state index in [9.17, 15) is 9.59 Å². The summed E-state index contributed by atoms with van der Waals surface area (Å²) in [6.45, 7) is 0.599. The predicted molar refractivity (Wildman–Crippen MR) is 107 cm³/mol. The molecular formula is C22H17N3O4. The van der Waals surface area contributed by atoms with E-state index in [1.807, 2.05) is 36.4 Å². The molecule has 1 aliphatic rings. The first-order valence-corrected chi connectivity index (χ1v) is 9.29. The Kier molecular flexibility index (Phi) is 4.13. The van der Waals surface area contributed by atoms with Gasteiger partial charge in [0.05, 0.1) is 18.2 Å². The van der Waals surface area contributed by atoms with Gasteiger partial charge in [-0.2, -0.15) is 0 Å². The van der Waals surface area contributed by atoms with Gasteiger partial charge in [0, 0.05) is 23.3 Å². The molecule has 0 fully saturated rings. The highest BCUT2D eigenvalue weighted by Gasteiger charge is 2.26. The van der Waals surface area contributed by atoms with E-state index in [-0.39, 0.29) is 18.2 Å². The molecule has 2 aromatic carbocycles. The Bertz CT molecular complexity index is 1210. The van der Waals surface area contributed by atoms with Crippen LogP contribution in [0.15, 0.2) is 70.0 Å². The standard InChI is InChI=1S/C22H17N3O4/c26-21(12-18-17-3-1-2-4-20(17)29-24-18)23-16-5-6-19-14(11-16)7-9-25(19)22(27)15-8-10-28-13-15/h1-6,8,10-11,13H,7,9,12H2,(H,23,26). The van der Waals surface area contributed by atoms with Crippen LogP contribution in [0.5, 0.6) is 0 Å². The molecule has 0 unspecified atom stereocenters. The topological polar surface area (TPSA) is 88.6 Å². The minimum absolute atomic E-state index is 0.0906. The van der Waals surface area contributed by atoms with E-state index in [0.29, 0.717) is 29.1 Å². The third kappa shape index (κ3) is 3.16. The zero-order chi connectivity index (χ0) is 19.8. The fraction of sp³-hybridized carbons (Fsp3) is 0.136. The molecule has 0 spiro atoms. The average molecular weight is 387 g/mol. The van der Waals surface area contributed by atoms with Crippen molar-refractivity contribution in [1.29, 1.82) is 0 Å². The molecule has 0 radical (unpaired) electrons. The fourth-order valence-corrected chi connectivity index (χ4v) is 3.66. The van der Waals surface area contributed by atoms with Gasteiger partial charge in [0.1, 0.15) is 12.0 Å². The van der Waals surface area contributed by atoms with Gasteiger partial charge < -0.3 is 19.2 Å². The summed E-state index contributed by atoms with van der Waals surface area (Å²) in [6, 6.07) is 14.7. The highest BCUT2D eigenvalue weighted by molar-refractivity contribution is 6.07. The maximum absolute atomic E-state index is 12.6. The van der Waals surface area contributed by atoms with Crippen molar-refractivity contribution in [2.75, 3.05) is 16.8 Å². The zero-order valence-electron chi connectivity index (χ0n) is 15.4. The van der Waals surface area contributed by atoms with Crippen LogP contribution in [-0.4, -0.2) is 23.5 Å². The van der Waals surface area contributed by atoms with Gasteiger partial charge in [0.25, 0.3) is 5.91 Å². The second-order valence-corrected chi connectivity index (χ2v) is 6.91. The van der Waals surface area contributed by atoms with Crippen molar-refractivity contribution in [1.82, 2.24) is 5.16 Å². The molecule has 0 atom stereocenters. The van der Waals surface area contributed by atoms with Crippen molar-refractivity contribution in [2.24, 2.45) is 0 Å². The number of hydrogen-bond acceptors (Lipinski definition) is 5. The molecule has 144 valence electrons. The highest BCUT2D eigenvalue weighted by Crippen LogP contribution is 2.32. The molecule has 7 heteroatoms. The number of fused-ring (bicyclic) bond motifs is 2. The summed E-state index contributed by atoms with van der Waals surface area (Å²) in [7, 11) is 0. The summed E-state index contributed by atoms with van der Waals surface area (Å²) < 4.78 is 10.3. The van der Waals surface area contributed by atoms with Crippen LogP contribution in [0.3, 0.4) is 0 Å². The maximum atomic E-state index is 12.6. The van der Waals surface area contributed by atoms with Crippen molar-refractivity contribution in [3.63, 3.8) is 0 Å². The van der Waals surface area contributed by atoms with Crippen LogP contribution in [-0.2, 0) is 17.6 Å². The quantitative estimate of drug-likeness (QED) is 0.575. The number of amides is 2. The van der Waals surface area contributed by atoms with E-state index in [1.54, 1.807) is 17.0 Å². The van der Waals surface area contributed by atoms with Crippen LogP contribution >= 0.6 is 0 Å². The monoisotopic (exact) mass is 387 g/mol. The number of carbonyl (C=O) groups excluding carboxylic acids is 2. The van der Waals surface area contributed by atoms with Crippen LogP contribution in [0.25, 0.3) is 11.0 Å². The van der Waals surface area contributed by atoms with E-state index in [2.05, 4.69) is 10.5 Å². The smallest absolute Gasteiger partial charge is 0.261 e. The van der Waals surface area contributed by atoms with E-state index in [1.165, 1.54) is 12.5 Å². The summed E-state index contributed by atoms with van der Waals surface area (Å²) in [4.78, 5) is 26.8. The summed E-state index contributed by atoms with van der Waals surface area (Å²) >= 11 is 0. The van der Waals surface area contributed by atoms with E-state index >= 15 is 0 Å². The maximum Gasteiger partial charge on any atom is 0.261 e. The number of furan rings is 1. The Morgan fingerprint density at radius 1 is 1.14 bits per heavy atom. The van der Waals surface area contributed by atoms with Gasteiger partial charge in [-0.05, 0) is 48.4 Å². The Labute approximate surface area is 165 Å². The second kappa shape index (κ2) is 6.94. The first-order valence-electron chi connectivity index (χ1n) is 9.29. The molecule has 1 N–H and O–H groups in total. The number of aromatic nitrogens is 1. The summed E-state index contributed by atoms with van der Waals surface area (Å²) in [5.74, 6) is -0.263. The van der Waals surface area contributed by atoms with Crippen LogP contribution in [0, 0.1) is 0 Å². The number of para-hydroxylation sites is 1. The molecular weight excluding hydrogens is 370 g/mol. The Morgan fingerprint density at radius 2 is 2.03 bits per heavy atom.